The van der Waals surface area contributed by atoms with E-state index >= 15 is 0 Å². The van der Waals surface area contributed by atoms with Gasteiger partial charge >= 0.3 is 6.18 Å². The van der Waals surface area contributed by atoms with Gasteiger partial charge in [0.2, 0.25) is 0 Å². The Bertz CT molecular complexity index is 1270. The lowest BCUT2D eigenvalue weighted by Crippen LogP contribution is -2.12. The largest absolute Gasteiger partial charge is 0.744 e. The van der Waals surface area contributed by atoms with Crippen LogP contribution in [0.3, 0.4) is 0 Å². The van der Waals surface area contributed by atoms with Crippen LogP contribution in [0.4, 0.5) is 17.6 Å². The fraction of sp³-hybridized carbons (Fsp3) is 0.0400. The lowest BCUT2D eigenvalue weighted by atomic mass is 10.2. The lowest BCUT2D eigenvalue weighted by molar-refractivity contribution is -0.140. The van der Waals surface area contributed by atoms with Crippen molar-refractivity contribution in [2.75, 3.05) is 0 Å². The van der Waals surface area contributed by atoms with Crippen molar-refractivity contribution in [2.24, 2.45) is 0 Å². The molecular weight excluding hydrogens is 488 g/mol. The van der Waals surface area contributed by atoms with Gasteiger partial charge in [0, 0.05) is 0 Å². The van der Waals surface area contributed by atoms with Crippen LogP contribution < -0.4 is 0 Å². The Hall–Kier alpha value is -3.14. The fourth-order valence-corrected chi connectivity index (χ4v) is 5.79. The van der Waals surface area contributed by atoms with E-state index in [4.69, 9.17) is 0 Å². The Balaban J connectivity index is 0.000000204. The quantitative estimate of drug-likeness (QED) is 0.180. The van der Waals surface area contributed by atoms with E-state index in [1.807, 2.05) is 48.5 Å². The topological polar surface area (TPSA) is 57.2 Å². The van der Waals surface area contributed by atoms with E-state index in [-0.39, 0.29) is 16.7 Å². The van der Waals surface area contributed by atoms with Gasteiger partial charge in [-0.1, -0.05) is 48.5 Å². The molecule has 0 saturated heterocycles. The minimum atomic E-state index is -5.09. The zero-order valence-corrected chi connectivity index (χ0v) is 19.1. The molecule has 3 nitrogen and oxygen atoms in total. The van der Waals surface area contributed by atoms with Gasteiger partial charge in [-0.25, -0.2) is 12.8 Å². The first-order valence-corrected chi connectivity index (χ1v) is 12.4. The summed E-state index contributed by atoms with van der Waals surface area (Å²) in [6, 6.07) is 30.7. The maximum Gasteiger partial charge on any atom is 0.417 e. The van der Waals surface area contributed by atoms with Gasteiger partial charge in [0.25, 0.3) is 0 Å². The molecule has 4 aromatic carbocycles. The highest BCUT2D eigenvalue weighted by atomic mass is 32.2. The summed E-state index contributed by atoms with van der Waals surface area (Å²) in [5.74, 6) is -0.196. The van der Waals surface area contributed by atoms with Crippen molar-refractivity contribution in [1.82, 2.24) is 0 Å². The number of rotatable bonds is 4. The predicted molar refractivity (Wildman–Crippen MR) is 121 cm³/mol. The molecule has 0 aliphatic rings. The molecule has 0 aliphatic heterocycles. The van der Waals surface area contributed by atoms with Crippen molar-refractivity contribution in [2.45, 2.75) is 25.8 Å². The molecule has 0 fully saturated rings. The lowest BCUT2D eigenvalue weighted by Gasteiger charge is -2.14. The summed E-state index contributed by atoms with van der Waals surface area (Å²) in [5.41, 5.74) is -1.44. The summed E-state index contributed by atoms with van der Waals surface area (Å²) in [5, 5.41) is 0. The summed E-state index contributed by atoms with van der Waals surface area (Å²) in [6.07, 6.45) is -4.84. The molecular formula is C25H18F4O3S2. The van der Waals surface area contributed by atoms with Gasteiger partial charge in [0.05, 0.1) is 21.4 Å². The van der Waals surface area contributed by atoms with Crippen LogP contribution in [0.5, 0.6) is 0 Å². The van der Waals surface area contributed by atoms with Crippen LogP contribution in [0.15, 0.2) is 129 Å². The van der Waals surface area contributed by atoms with Crippen LogP contribution in [-0.2, 0) is 27.2 Å². The fourth-order valence-electron chi connectivity index (χ4n) is 3.01. The molecule has 0 heterocycles. The summed E-state index contributed by atoms with van der Waals surface area (Å²) >= 11 is 0. The third-order valence-electron chi connectivity index (χ3n) is 4.47. The highest BCUT2D eigenvalue weighted by Gasteiger charge is 2.34. The van der Waals surface area contributed by atoms with Crippen molar-refractivity contribution in [3.05, 3.63) is 121 Å². The van der Waals surface area contributed by atoms with Crippen molar-refractivity contribution < 1.29 is 30.5 Å². The molecule has 0 saturated carbocycles. The second-order valence-corrected chi connectivity index (χ2v) is 10.2. The smallest absolute Gasteiger partial charge is 0.417 e. The first kappa shape index (κ1) is 25.5. The summed E-state index contributed by atoms with van der Waals surface area (Å²) in [7, 11) is -5.28. The number of hydrogen-bond acceptors (Lipinski definition) is 3. The van der Waals surface area contributed by atoms with Gasteiger partial charge in [-0.05, 0) is 60.7 Å². The molecule has 9 heteroatoms. The molecule has 34 heavy (non-hydrogen) atoms. The average Bonchev–Trinajstić information content (AvgIpc) is 2.81. The van der Waals surface area contributed by atoms with E-state index in [1.165, 1.54) is 21.9 Å². The Kier molecular flexibility index (Phi) is 8.14. The van der Waals surface area contributed by atoms with E-state index in [0.717, 1.165) is 17.0 Å². The third-order valence-corrected chi connectivity index (χ3v) is 7.59. The first-order valence-electron chi connectivity index (χ1n) is 9.79. The highest BCUT2D eigenvalue weighted by molar-refractivity contribution is 7.97. The molecule has 0 unspecified atom stereocenters. The number of alkyl halides is 3. The van der Waals surface area contributed by atoms with E-state index in [2.05, 4.69) is 24.3 Å². The van der Waals surface area contributed by atoms with Crippen LogP contribution in [0, 0.1) is 5.82 Å². The van der Waals surface area contributed by atoms with Gasteiger partial charge in [0.15, 0.2) is 14.7 Å². The Labute approximate surface area is 197 Å². The van der Waals surface area contributed by atoms with Crippen LogP contribution >= 0.6 is 0 Å². The zero-order chi connectivity index (χ0) is 24.8. The second kappa shape index (κ2) is 10.9. The van der Waals surface area contributed by atoms with Crippen molar-refractivity contribution >= 4 is 21.0 Å². The van der Waals surface area contributed by atoms with Gasteiger partial charge < -0.3 is 4.55 Å². The Morgan fingerprint density at radius 1 is 0.618 bits per heavy atom. The Morgan fingerprint density at radius 3 is 1.44 bits per heavy atom. The summed E-state index contributed by atoms with van der Waals surface area (Å²) in [4.78, 5) is 2.37. The number of hydrogen-bond donors (Lipinski definition) is 0. The minimum Gasteiger partial charge on any atom is -0.744 e. The second-order valence-electron chi connectivity index (χ2n) is 6.83. The van der Waals surface area contributed by atoms with E-state index in [0.29, 0.717) is 12.1 Å². The van der Waals surface area contributed by atoms with Crippen LogP contribution in [0.2, 0.25) is 0 Å². The molecule has 0 atom stereocenters. The summed E-state index contributed by atoms with van der Waals surface area (Å²) in [6.45, 7) is 0. The maximum atomic E-state index is 13.2. The van der Waals surface area contributed by atoms with Crippen LogP contribution in [-0.4, -0.2) is 13.0 Å². The molecule has 0 bridgehead atoms. The third kappa shape index (κ3) is 6.69. The molecule has 0 N–H and O–H groups in total. The minimum absolute atomic E-state index is 0.190. The maximum absolute atomic E-state index is 13.2. The molecule has 0 aliphatic carbocycles. The van der Waals surface area contributed by atoms with Crippen LogP contribution in [0.1, 0.15) is 5.56 Å². The highest BCUT2D eigenvalue weighted by Crippen LogP contribution is 2.34. The normalized spacial score (nSPS) is 11.6. The predicted octanol–water partition coefficient (Wildman–Crippen LogP) is 6.53. The van der Waals surface area contributed by atoms with Crippen molar-refractivity contribution in [3.8, 4) is 0 Å². The number of halogens is 4. The molecule has 0 aromatic heterocycles. The molecule has 4 aromatic rings. The van der Waals surface area contributed by atoms with Gasteiger partial charge in [-0.15, -0.1) is 0 Å². The van der Waals surface area contributed by atoms with Gasteiger partial charge in [-0.2, -0.15) is 13.2 Å². The number of benzene rings is 4. The van der Waals surface area contributed by atoms with Crippen LogP contribution in [0.25, 0.3) is 0 Å². The van der Waals surface area contributed by atoms with E-state index in [9.17, 15) is 30.5 Å². The SMILES string of the molecule is Fc1ccc([S+](c2ccccc2)c2ccccc2)cc1.O=S(=O)([O-])c1ccccc1C(F)(F)F. The van der Waals surface area contributed by atoms with Gasteiger partial charge in [-0.3, -0.25) is 0 Å². The molecule has 0 amide bonds. The van der Waals surface area contributed by atoms with E-state index < -0.39 is 26.8 Å². The first-order chi connectivity index (χ1) is 16.1. The zero-order valence-electron chi connectivity index (χ0n) is 17.4. The molecule has 176 valence electrons. The molecule has 0 radical (unpaired) electrons. The van der Waals surface area contributed by atoms with Gasteiger partial charge in [0.1, 0.15) is 15.9 Å². The summed E-state index contributed by atoms with van der Waals surface area (Å²) < 4.78 is 81.0. The Morgan fingerprint density at radius 2 is 1.03 bits per heavy atom. The van der Waals surface area contributed by atoms with Crippen molar-refractivity contribution in [1.29, 1.82) is 0 Å². The molecule has 4 rings (SSSR count). The molecule has 0 spiro atoms. The average molecular weight is 507 g/mol. The monoisotopic (exact) mass is 506 g/mol. The standard InChI is InChI=1S/C18H14FS.C7H5F3O3S/c19-15-11-13-18(14-12-15)20(16-7-3-1-4-8-16)17-9-5-2-6-10-17;8-7(9,10)5-3-1-2-4-6(5)14(11,12)13/h1-14H;1-4H,(H,11,12,13)/q+1;/p-1. The van der Waals surface area contributed by atoms with E-state index in [1.54, 1.807) is 0 Å². The van der Waals surface area contributed by atoms with Crippen molar-refractivity contribution in [3.63, 3.8) is 0 Å².